The fraction of sp³-hybridized carbons (Fsp3) is 0.500. The molecule has 0 aromatic carbocycles. The highest BCUT2D eigenvalue weighted by atomic mass is 16.5. The van der Waals surface area contributed by atoms with Gasteiger partial charge in [0.15, 0.2) is 11.6 Å². The average Bonchev–Trinajstić information content (AvgIpc) is 2.32. The van der Waals surface area contributed by atoms with Crippen molar-refractivity contribution in [2.24, 2.45) is 0 Å². The summed E-state index contributed by atoms with van der Waals surface area (Å²) in [5.41, 5.74) is 0. The summed E-state index contributed by atoms with van der Waals surface area (Å²) in [6.45, 7) is 5.62. The number of nitrogens with zero attached hydrogens (tertiary/aromatic N) is 1. The maximum Gasteiger partial charge on any atom is 0.221 e. The van der Waals surface area contributed by atoms with Crippen LogP contribution in [-0.4, -0.2) is 30.6 Å². The predicted octanol–water partition coefficient (Wildman–Crippen LogP) is 1.42. The van der Waals surface area contributed by atoms with E-state index in [9.17, 15) is 4.79 Å². The third-order valence-electron chi connectivity index (χ3n) is 2.09. The van der Waals surface area contributed by atoms with Gasteiger partial charge in [-0.15, -0.1) is 0 Å². The summed E-state index contributed by atoms with van der Waals surface area (Å²) in [5, 5.41) is 5.83. The van der Waals surface area contributed by atoms with Crippen LogP contribution >= 0.6 is 0 Å². The molecule has 0 bridgehead atoms. The van der Waals surface area contributed by atoms with Crippen LogP contribution in [-0.2, 0) is 4.79 Å². The molecule has 5 nitrogen and oxygen atoms in total. The minimum Gasteiger partial charge on any atom is -0.490 e. The Morgan fingerprint density at radius 1 is 1.47 bits per heavy atom. The van der Waals surface area contributed by atoms with Gasteiger partial charge in [0.05, 0.1) is 6.61 Å². The van der Waals surface area contributed by atoms with E-state index in [1.807, 2.05) is 26.0 Å². The molecule has 0 aliphatic rings. The molecular weight excluding hydrogens is 218 g/mol. The second-order valence-corrected chi connectivity index (χ2v) is 3.41. The van der Waals surface area contributed by atoms with Crippen molar-refractivity contribution in [2.75, 3.05) is 25.0 Å². The number of nitrogens with one attached hydrogen (secondary N) is 2. The Hall–Kier alpha value is -1.78. The largest absolute Gasteiger partial charge is 0.490 e. The first kappa shape index (κ1) is 13.3. The van der Waals surface area contributed by atoms with Crippen molar-refractivity contribution < 1.29 is 9.53 Å². The van der Waals surface area contributed by atoms with Crippen LogP contribution in [0.4, 0.5) is 5.82 Å². The molecule has 0 saturated heterocycles. The molecule has 0 atom stereocenters. The number of pyridine rings is 1. The smallest absolute Gasteiger partial charge is 0.221 e. The molecule has 1 rings (SSSR count). The molecule has 0 unspecified atom stereocenters. The van der Waals surface area contributed by atoms with Crippen molar-refractivity contribution >= 4 is 11.7 Å². The van der Waals surface area contributed by atoms with E-state index in [-0.39, 0.29) is 5.91 Å². The highest BCUT2D eigenvalue weighted by molar-refractivity contribution is 5.76. The number of aromatic nitrogens is 1. The minimum absolute atomic E-state index is 0.0360. The van der Waals surface area contributed by atoms with Gasteiger partial charge in [0.2, 0.25) is 5.91 Å². The summed E-state index contributed by atoms with van der Waals surface area (Å²) < 4.78 is 5.42. The second kappa shape index (κ2) is 7.49. The molecule has 0 radical (unpaired) electrons. The van der Waals surface area contributed by atoms with Crippen LogP contribution in [0.5, 0.6) is 5.75 Å². The van der Waals surface area contributed by atoms with Crippen LogP contribution < -0.4 is 15.4 Å². The van der Waals surface area contributed by atoms with Gasteiger partial charge in [-0.05, 0) is 26.0 Å². The summed E-state index contributed by atoms with van der Waals surface area (Å²) in [4.78, 5) is 15.4. The van der Waals surface area contributed by atoms with E-state index in [2.05, 4.69) is 15.6 Å². The highest BCUT2D eigenvalue weighted by Crippen LogP contribution is 2.20. The first-order valence-corrected chi connectivity index (χ1v) is 5.86. The van der Waals surface area contributed by atoms with E-state index in [0.717, 1.165) is 0 Å². The fourth-order valence-corrected chi connectivity index (χ4v) is 1.38. The lowest BCUT2D eigenvalue weighted by molar-refractivity contribution is -0.120. The molecule has 1 heterocycles. The van der Waals surface area contributed by atoms with Gasteiger partial charge in [0.25, 0.3) is 0 Å². The van der Waals surface area contributed by atoms with Gasteiger partial charge in [0, 0.05) is 25.7 Å². The van der Waals surface area contributed by atoms with Crippen molar-refractivity contribution in [3.05, 3.63) is 18.3 Å². The Labute approximate surface area is 102 Å². The Morgan fingerprint density at radius 3 is 3.00 bits per heavy atom. The zero-order chi connectivity index (χ0) is 12.5. The first-order chi connectivity index (χ1) is 8.27. The Bertz CT molecular complexity index is 355. The number of carbonyl (C=O) groups is 1. The quantitative estimate of drug-likeness (QED) is 0.752. The van der Waals surface area contributed by atoms with E-state index in [1.54, 1.807) is 6.20 Å². The molecule has 0 saturated carbocycles. The van der Waals surface area contributed by atoms with Crippen LogP contribution in [0.3, 0.4) is 0 Å². The van der Waals surface area contributed by atoms with E-state index in [4.69, 9.17) is 4.74 Å². The van der Waals surface area contributed by atoms with Crippen LogP contribution in [0.25, 0.3) is 0 Å². The van der Waals surface area contributed by atoms with Gasteiger partial charge in [-0.1, -0.05) is 0 Å². The van der Waals surface area contributed by atoms with Crippen LogP contribution in [0, 0.1) is 0 Å². The molecule has 1 aromatic rings. The summed E-state index contributed by atoms with van der Waals surface area (Å²) in [6.07, 6.45) is 2.12. The molecule has 0 fully saturated rings. The van der Waals surface area contributed by atoms with Gasteiger partial charge >= 0.3 is 0 Å². The highest BCUT2D eigenvalue weighted by Gasteiger charge is 2.04. The molecule has 0 aliphatic heterocycles. The van der Waals surface area contributed by atoms with Crippen molar-refractivity contribution in [3.63, 3.8) is 0 Å². The second-order valence-electron chi connectivity index (χ2n) is 3.41. The number of anilines is 1. The lowest BCUT2D eigenvalue weighted by atomic mass is 10.3. The van der Waals surface area contributed by atoms with E-state index in [1.165, 1.54) is 0 Å². The molecule has 94 valence electrons. The standard InChI is InChI=1S/C12H19N3O2/c1-3-13-11(16)7-9-15-12-10(17-4-2)6-5-8-14-12/h5-6,8H,3-4,7,9H2,1-2H3,(H,13,16)(H,14,15). The topological polar surface area (TPSA) is 63.2 Å². The maximum absolute atomic E-state index is 11.2. The van der Waals surface area contributed by atoms with Crippen molar-refractivity contribution in [2.45, 2.75) is 20.3 Å². The first-order valence-electron chi connectivity index (χ1n) is 5.86. The van der Waals surface area contributed by atoms with Crippen molar-refractivity contribution in [1.82, 2.24) is 10.3 Å². The van der Waals surface area contributed by atoms with E-state index >= 15 is 0 Å². The predicted molar refractivity (Wildman–Crippen MR) is 67.2 cm³/mol. The Balaban J connectivity index is 2.43. The number of amides is 1. The maximum atomic E-state index is 11.2. The number of ether oxygens (including phenoxy) is 1. The van der Waals surface area contributed by atoms with E-state index < -0.39 is 0 Å². The number of hydrogen-bond acceptors (Lipinski definition) is 4. The SMILES string of the molecule is CCNC(=O)CCNc1ncccc1OCC. The van der Waals surface area contributed by atoms with Gasteiger partial charge in [-0.3, -0.25) is 4.79 Å². The molecule has 1 amide bonds. The molecular formula is C12H19N3O2. The summed E-state index contributed by atoms with van der Waals surface area (Å²) in [5.74, 6) is 1.43. The number of rotatable bonds is 7. The van der Waals surface area contributed by atoms with Gasteiger partial charge in [0.1, 0.15) is 0 Å². The molecule has 17 heavy (non-hydrogen) atoms. The lowest BCUT2D eigenvalue weighted by Gasteiger charge is -2.10. The molecule has 2 N–H and O–H groups in total. The molecule has 1 aromatic heterocycles. The third kappa shape index (κ3) is 4.72. The van der Waals surface area contributed by atoms with Gasteiger partial charge in [-0.2, -0.15) is 0 Å². The van der Waals surface area contributed by atoms with E-state index in [0.29, 0.717) is 37.7 Å². The van der Waals surface area contributed by atoms with Crippen molar-refractivity contribution in [1.29, 1.82) is 0 Å². The monoisotopic (exact) mass is 237 g/mol. The van der Waals surface area contributed by atoms with Crippen LogP contribution in [0.2, 0.25) is 0 Å². The van der Waals surface area contributed by atoms with Gasteiger partial charge in [-0.25, -0.2) is 4.98 Å². The Morgan fingerprint density at radius 2 is 2.29 bits per heavy atom. The fourth-order valence-electron chi connectivity index (χ4n) is 1.38. The molecule has 5 heteroatoms. The Kier molecular flexibility index (Phi) is 5.85. The molecule has 0 aliphatic carbocycles. The van der Waals surface area contributed by atoms with Crippen molar-refractivity contribution in [3.8, 4) is 5.75 Å². The average molecular weight is 237 g/mol. The zero-order valence-electron chi connectivity index (χ0n) is 10.3. The lowest BCUT2D eigenvalue weighted by Crippen LogP contribution is -2.24. The van der Waals surface area contributed by atoms with Crippen LogP contribution in [0.1, 0.15) is 20.3 Å². The van der Waals surface area contributed by atoms with Gasteiger partial charge < -0.3 is 15.4 Å². The summed E-state index contributed by atoms with van der Waals surface area (Å²) >= 11 is 0. The molecule has 0 spiro atoms. The van der Waals surface area contributed by atoms with Crippen LogP contribution in [0.15, 0.2) is 18.3 Å². The number of carbonyl (C=O) groups excluding carboxylic acids is 1. The third-order valence-corrected chi connectivity index (χ3v) is 2.09. The zero-order valence-corrected chi connectivity index (χ0v) is 10.3. The summed E-state index contributed by atoms with van der Waals surface area (Å²) in [7, 11) is 0. The summed E-state index contributed by atoms with van der Waals surface area (Å²) in [6, 6.07) is 3.67. The minimum atomic E-state index is 0.0360. The number of hydrogen-bond donors (Lipinski definition) is 2. The normalized spacial score (nSPS) is 9.76.